The predicted octanol–water partition coefficient (Wildman–Crippen LogP) is 2.01. The second-order valence-corrected chi connectivity index (χ2v) is 9.28. The maximum absolute atomic E-state index is 13.1. The van der Waals surface area contributed by atoms with Gasteiger partial charge in [0.2, 0.25) is 5.36 Å². The van der Waals surface area contributed by atoms with Gasteiger partial charge >= 0.3 is 0 Å². The number of hydrogen-bond donors (Lipinski definition) is 3. The van der Waals surface area contributed by atoms with Crippen LogP contribution in [0.15, 0.2) is 55.0 Å². The van der Waals surface area contributed by atoms with Crippen molar-refractivity contribution in [1.82, 2.24) is 19.9 Å². The molecule has 172 valence electrons. The molecule has 1 aliphatic carbocycles. The summed E-state index contributed by atoms with van der Waals surface area (Å²) >= 11 is 0. The van der Waals surface area contributed by atoms with Gasteiger partial charge in [-0.3, -0.25) is 20.2 Å². The van der Waals surface area contributed by atoms with Crippen LogP contribution in [0.2, 0.25) is 0 Å². The van der Waals surface area contributed by atoms with E-state index >= 15 is 0 Å². The van der Waals surface area contributed by atoms with Gasteiger partial charge in [-0.15, -0.1) is 0 Å². The first-order valence-electron chi connectivity index (χ1n) is 11.8. The van der Waals surface area contributed by atoms with Crippen molar-refractivity contribution < 1.29 is 4.79 Å². The Labute approximate surface area is 198 Å². The van der Waals surface area contributed by atoms with E-state index in [4.69, 9.17) is 11.1 Å². The van der Waals surface area contributed by atoms with Gasteiger partial charge in [0.05, 0.1) is 11.9 Å². The van der Waals surface area contributed by atoms with Crippen molar-refractivity contribution >= 4 is 23.5 Å². The third kappa shape index (κ3) is 4.46. The Bertz CT molecular complexity index is 1400. The van der Waals surface area contributed by atoms with Crippen molar-refractivity contribution in [2.45, 2.75) is 38.6 Å². The number of hydrogen-bond acceptors (Lipinski definition) is 5. The van der Waals surface area contributed by atoms with Crippen LogP contribution in [0.4, 0.5) is 5.69 Å². The molecule has 0 radical (unpaired) electrons. The van der Waals surface area contributed by atoms with Crippen LogP contribution in [0.25, 0.3) is 6.20 Å². The van der Waals surface area contributed by atoms with Gasteiger partial charge in [0.25, 0.3) is 5.91 Å². The molecule has 2 aliphatic rings. The number of nitrogens with one attached hydrogen (secondary N) is 2. The molecule has 0 bridgehead atoms. The zero-order valence-electron chi connectivity index (χ0n) is 19.3. The number of benzene rings is 1. The monoisotopic (exact) mass is 453 g/mol. The van der Waals surface area contributed by atoms with Crippen molar-refractivity contribution in [1.29, 1.82) is 5.41 Å². The zero-order valence-corrected chi connectivity index (χ0v) is 19.3. The maximum Gasteiger partial charge on any atom is 0.251 e. The number of nitrogen functional groups attached to an aromatic ring is 1. The van der Waals surface area contributed by atoms with E-state index in [1.165, 1.54) is 17.0 Å². The van der Waals surface area contributed by atoms with E-state index in [9.17, 15) is 4.79 Å². The number of carbonyl (C=O) groups is 1. The molecule has 34 heavy (non-hydrogen) atoms. The molecule has 2 unspecified atom stereocenters. The van der Waals surface area contributed by atoms with Crippen LogP contribution < -0.4 is 26.2 Å². The van der Waals surface area contributed by atoms with Gasteiger partial charge in [-0.25, -0.2) is 0 Å². The molecule has 3 aromatic rings. The summed E-state index contributed by atoms with van der Waals surface area (Å²) in [6, 6.07) is 11.0. The molecule has 0 spiro atoms. The minimum Gasteiger partial charge on any atom is -0.398 e. The lowest BCUT2D eigenvalue weighted by atomic mass is 9.85. The summed E-state index contributed by atoms with van der Waals surface area (Å²) in [6.45, 7) is 2.84. The minimum atomic E-state index is -0.115. The molecule has 1 fully saturated rings. The Morgan fingerprint density at radius 2 is 2.06 bits per heavy atom. The van der Waals surface area contributed by atoms with Crippen molar-refractivity contribution in [3.8, 4) is 0 Å². The van der Waals surface area contributed by atoms with E-state index in [0.29, 0.717) is 22.7 Å². The predicted molar refractivity (Wildman–Crippen MR) is 133 cm³/mol. The van der Waals surface area contributed by atoms with Crippen LogP contribution in [-0.4, -0.2) is 34.2 Å². The molecule has 3 heterocycles. The molecular formula is C27H29N6O+. The van der Waals surface area contributed by atoms with E-state index < -0.39 is 0 Å². The smallest absolute Gasteiger partial charge is 0.251 e. The summed E-state index contributed by atoms with van der Waals surface area (Å²) in [7, 11) is 0. The Morgan fingerprint density at radius 3 is 2.88 bits per heavy atom. The first kappa shape index (κ1) is 21.9. The van der Waals surface area contributed by atoms with Crippen molar-refractivity contribution in [2.24, 2.45) is 5.92 Å². The van der Waals surface area contributed by atoms with E-state index in [-0.39, 0.29) is 17.7 Å². The SMILES string of the molecule is Cc1cc(C(=N)c2cc(C(=O)NC3CCCC(C[N+]4=c5cnccc5=C4)C3)ccc2N)ccn1. The summed E-state index contributed by atoms with van der Waals surface area (Å²) in [6.07, 6.45) is 11.8. The van der Waals surface area contributed by atoms with Gasteiger partial charge in [0.15, 0.2) is 12.7 Å². The summed E-state index contributed by atoms with van der Waals surface area (Å²) in [5, 5.41) is 14.3. The number of nitrogens with zero attached hydrogens (tertiary/aromatic N) is 3. The fourth-order valence-electron chi connectivity index (χ4n) is 4.97. The second-order valence-electron chi connectivity index (χ2n) is 9.28. The largest absolute Gasteiger partial charge is 0.398 e. The molecule has 1 amide bonds. The van der Waals surface area contributed by atoms with Crippen LogP contribution in [0.1, 0.15) is 52.9 Å². The summed E-state index contributed by atoms with van der Waals surface area (Å²) in [5.41, 5.74) is 9.58. The van der Waals surface area contributed by atoms with Crippen LogP contribution in [-0.2, 0) is 0 Å². The van der Waals surface area contributed by atoms with Crippen LogP contribution >= 0.6 is 0 Å². The molecule has 4 N–H and O–H groups in total. The van der Waals surface area contributed by atoms with E-state index in [1.807, 2.05) is 31.5 Å². The quantitative estimate of drug-likeness (QED) is 0.301. The first-order chi connectivity index (χ1) is 16.5. The molecule has 1 aromatic carbocycles. The molecule has 2 aromatic heterocycles. The number of nitrogens with two attached hydrogens (primary N) is 1. The number of pyridine rings is 2. The van der Waals surface area contributed by atoms with Gasteiger partial charge in [-0.05, 0) is 62.6 Å². The fraction of sp³-hybridized carbons (Fsp3) is 0.296. The second kappa shape index (κ2) is 9.17. The number of aromatic nitrogens is 2. The Hall–Kier alpha value is -3.87. The van der Waals surface area contributed by atoms with Gasteiger partial charge < -0.3 is 11.1 Å². The average Bonchev–Trinajstić information content (AvgIpc) is 2.82. The van der Waals surface area contributed by atoms with E-state index in [1.54, 1.807) is 30.5 Å². The van der Waals surface area contributed by atoms with Gasteiger partial charge in [-0.1, -0.05) is 6.42 Å². The third-order valence-corrected chi connectivity index (χ3v) is 6.78. The number of anilines is 1. The lowest BCUT2D eigenvalue weighted by molar-refractivity contribution is 0.0919. The number of fused-ring (bicyclic) bond motifs is 1. The zero-order chi connectivity index (χ0) is 23.7. The van der Waals surface area contributed by atoms with Crippen LogP contribution in [0, 0.1) is 18.3 Å². The van der Waals surface area contributed by atoms with Gasteiger partial charge in [0, 0.05) is 52.4 Å². The maximum atomic E-state index is 13.1. The molecule has 7 nitrogen and oxygen atoms in total. The molecule has 7 heteroatoms. The van der Waals surface area contributed by atoms with Crippen molar-refractivity contribution in [3.05, 3.63) is 87.9 Å². The molecule has 0 saturated heterocycles. The van der Waals surface area contributed by atoms with Gasteiger partial charge in [-0.2, -0.15) is 4.58 Å². The molecule has 1 aliphatic heterocycles. The first-order valence-corrected chi connectivity index (χ1v) is 11.8. The number of rotatable bonds is 6. The number of carbonyl (C=O) groups excluding carboxylic acids is 1. The fourth-order valence-corrected chi connectivity index (χ4v) is 4.97. The number of aryl methyl sites for hydroxylation is 1. The minimum absolute atomic E-state index is 0.115. The Balaban J connectivity index is 1.26. The highest BCUT2D eigenvalue weighted by molar-refractivity contribution is 6.14. The summed E-state index contributed by atoms with van der Waals surface area (Å²) in [5.74, 6) is 0.407. The van der Waals surface area contributed by atoms with E-state index in [2.05, 4.69) is 26.1 Å². The topological polar surface area (TPSA) is 108 Å². The van der Waals surface area contributed by atoms with E-state index in [0.717, 1.165) is 37.1 Å². The molecule has 5 rings (SSSR count). The summed E-state index contributed by atoms with van der Waals surface area (Å²) < 4.78 is 2.27. The number of amides is 1. The highest BCUT2D eigenvalue weighted by Crippen LogP contribution is 2.25. The van der Waals surface area contributed by atoms with Crippen molar-refractivity contribution in [2.75, 3.05) is 12.3 Å². The average molecular weight is 454 g/mol. The molecule has 1 saturated carbocycles. The Kier molecular flexibility index (Phi) is 5.92. The molecule has 2 atom stereocenters. The summed E-state index contributed by atoms with van der Waals surface area (Å²) in [4.78, 5) is 21.5. The standard InChI is InChI=1S/C27H28N6O/c1-17-11-19(8-10-31-17)26(29)23-13-20(5-6-24(23)28)27(34)32-22-4-2-3-18(12-22)15-33-16-21-7-9-30-14-25(21)33/h5-11,13-14,16,18,22H,2-4,12,15H2,1H3,(H3-,28,29,32,34)/p+1. The lowest BCUT2D eigenvalue weighted by Gasteiger charge is -2.28. The lowest BCUT2D eigenvalue weighted by Crippen LogP contribution is -2.50. The van der Waals surface area contributed by atoms with Gasteiger partial charge in [0.1, 0.15) is 5.22 Å². The molecular weight excluding hydrogens is 424 g/mol. The van der Waals surface area contributed by atoms with Crippen LogP contribution in [0.3, 0.4) is 0 Å². The highest BCUT2D eigenvalue weighted by Gasteiger charge is 2.28. The third-order valence-electron chi connectivity index (χ3n) is 6.78. The normalized spacial score (nSPS) is 18.9. The van der Waals surface area contributed by atoms with Crippen molar-refractivity contribution in [3.63, 3.8) is 0 Å². The highest BCUT2D eigenvalue weighted by atomic mass is 16.1. The van der Waals surface area contributed by atoms with Crippen LogP contribution in [0.5, 0.6) is 0 Å². The Morgan fingerprint density at radius 1 is 1.18 bits per heavy atom.